The lowest BCUT2D eigenvalue weighted by Gasteiger charge is -2.04. The van der Waals surface area contributed by atoms with Crippen LogP contribution in [0.15, 0.2) is 52.7 Å². The summed E-state index contributed by atoms with van der Waals surface area (Å²) in [6.45, 7) is -0.199. The van der Waals surface area contributed by atoms with Gasteiger partial charge in [0.15, 0.2) is 5.78 Å². The molecule has 0 aromatic heterocycles. The summed E-state index contributed by atoms with van der Waals surface area (Å²) in [5.74, 6) is -0.777. The fourth-order valence-electron chi connectivity index (χ4n) is 1.75. The molecule has 2 aromatic rings. The molecular weight excluding hydrogens is 351 g/mol. The highest BCUT2D eigenvalue weighted by atomic mass is 35.5. The van der Waals surface area contributed by atoms with E-state index in [-0.39, 0.29) is 18.7 Å². The third-order valence-electron chi connectivity index (χ3n) is 2.89. The van der Waals surface area contributed by atoms with Gasteiger partial charge in [-0.25, -0.2) is 0 Å². The average molecular weight is 365 g/mol. The Morgan fingerprint density at radius 2 is 1.75 bits per heavy atom. The number of benzene rings is 2. The zero-order valence-electron chi connectivity index (χ0n) is 12.5. The molecule has 0 radical (unpaired) electrons. The number of carbonyl (C=O) groups excluding carboxylic acids is 2. The Balaban J connectivity index is 1.81. The predicted octanol–water partition coefficient (Wildman–Crippen LogP) is 4.26. The van der Waals surface area contributed by atoms with Crippen molar-refractivity contribution >= 4 is 52.0 Å². The van der Waals surface area contributed by atoms with Gasteiger partial charge in [0.2, 0.25) is 5.91 Å². The molecule has 0 aliphatic carbocycles. The van der Waals surface area contributed by atoms with Crippen molar-refractivity contribution in [2.24, 2.45) is 10.2 Å². The highest BCUT2D eigenvalue weighted by molar-refractivity contribution is 6.42. The van der Waals surface area contributed by atoms with Crippen LogP contribution in [0.3, 0.4) is 0 Å². The van der Waals surface area contributed by atoms with Gasteiger partial charge in [0.1, 0.15) is 6.54 Å². The van der Waals surface area contributed by atoms with Gasteiger partial charge in [-0.15, -0.1) is 0 Å². The lowest BCUT2D eigenvalue weighted by atomic mass is 10.2. The predicted molar refractivity (Wildman–Crippen MR) is 95.0 cm³/mol. The number of Topliss-reactive ketones (excluding diaryl/α,β-unsaturated/α-hetero) is 1. The smallest absolute Gasteiger partial charge is 0.231 e. The topological polar surface area (TPSA) is 96.9 Å². The van der Waals surface area contributed by atoms with Crippen molar-refractivity contribution in [1.29, 1.82) is 0 Å². The summed E-state index contributed by atoms with van der Waals surface area (Å²) in [5.41, 5.74) is 7.19. The van der Waals surface area contributed by atoms with Crippen molar-refractivity contribution in [3.05, 3.63) is 52.5 Å². The Kier molecular flexibility index (Phi) is 6.28. The van der Waals surface area contributed by atoms with Gasteiger partial charge in [0.25, 0.3) is 0 Å². The molecular formula is C16H14Cl2N4O2. The number of anilines is 2. The molecule has 0 spiro atoms. The summed E-state index contributed by atoms with van der Waals surface area (Å²) < 4.78 is 0. The molecule has 0 fully saturated rings. The second-order valence-electron chi connectivity index (χ2n) is 4.88. The van der Waals surface area contributed by atoms with Crippen LogP contribution >= 0.6 is 23.2 Å². The number of azo groups is 1. The van der Waals surface area contributed by atoms with Crippen molar-refractivity contribution < 1.29 is 9.59 Å². The third-order valence-corrected chi connectivity index (χ3v) is 3.63. The van der Waals surface area contributed by atoms with Crippen molar-refractivity contribution in [1.82, 2.24) is 0 Å². The zero-order valence-corrected chi connectivity index (χ0v) is 14.0. The first-order chi connectivity index (χ1) is 11.4. The van der Waals surface area contributed by atoms with E-state index in [9.17, 15) is 9.59 Å². The number of ketones is 1. The number of nitrogens with zero attached hydrogens (tertiary/aromatic N) is 2. The minimum Gasteiger partial charge on any atom is -0.399 e. The summed E-state index contributed by atoms with van der Waals surface area (Å²) in [6, 6.07) is 11.4. The number of nitrogens with one attached hydrogen (secondary N) is 1. The van der Waals surface area contributed by atoms with Gasteiger partial charge in [0.05, 0.1) is 22.2 Å². The molecule has 1 amide bonds. The van der Waals surface area contributed by atoms with Crippen molar-refractivity contribution in [2.45, 2.75) is 6.42 Å². The molecule has 0 saturated carbocycles. The molecule has 2 aromatic carbocycles. The Morgan fingerprint density at radius 1 is 1.04 bits per heavy atom. The number of halogens is 2. The maximum Gasteiger partial charge on any atom is 0.231 e. The van der Waals surface area contributed by atoms with Crippen LogP contribution in [0.4, 0.5) is 17.1 Å². The van der Waals surface area contributed by atoms with Gasteiger partial charge in [-0.05, 0) is 42.5 Å². The number of amides is 1. The van der Waals surface area contributed by atoms with Gasteiger partial charge in [-0.3, -0.25) is 9.59 Å². The third kappa shape index (κ3) is 5.64. The highest BCUT2D eigenvalue weighted by Crippen LogP contribution is 2.26. The van der Waals surface area contributed by atoms with Crippen LogP contribution in [-0.2, 0) is 9.59 Å². The van der Waals surface area contributed by atoms with E-state index < -0.39 is 5.91 Å². The van der Waals surface area contributed by atoms with Crippen LogP contribution in [0.2, 0.25) is 10.0 Å². The van der Waals surface area contributed by atoms with Gasteiger partial charge < -0.3 is 11.1 Å². The van der Waals surface area contributed by atoms with Crippen molar-refractivity contribution in [2.75, 3.05) is 17.6 Å². The lowest BCUT2D eigenvalue weighted by molar-refractivity contribution is -0.124. The SMILES string of the molecule is Nc1ccc(NC(=O)CC(=O)CN=Nc2ccc(Cl)c(Cl)c2)cc1. The fraction of sp³-hybridized carbons (Fsp3) is 0.125. The van der Waals surface area contributed by atoms with E-state index in [4.69, 9.17) is 28.9 Å². The molecule has 0 bridgehead atoms. The molecule has 0 atom stereocenters. The number of nitrogen functional groups attached to an aromatic ring is 1. The first-order valence-electron chi connectivity index (χ1n) is 6.93. The summed E-state index contributed by atoms with van der Waals surface area (Å²) >= 11 is 11.6. The summed E-state index contributed by atoms with van der Waals surface area (Å²) in [5, 5.41) is 11.0. The first kappa shape index (κ1) is 17.9. The molecule has 0 saturated heterocycles. The molecule has 0 aliphatic heterocycles. The number of rotatable bonds is 6. The Hall–Kier alpha value is -2.44. The van der Waals surface area contributed by atoms with E-state index in [2.05, 4.69) is 15.5 Å². The second kappa shape index (κ2) is 8.42. The van der Waals surface area contributed by atoms with Gasteiger partial charge >= 0.3 is 0 Å². The largest absolute Gasteiger partial charge is 0.399 e. The van der Waals surface area contributed by atoms with Crippen molar-refractivity contribution in [3.8, 4) is 0 Å². The van der Waals surface area contributed by atoms with E-state index in [0.717, 1.165) is 0 Å². The number of nitrogens with two attached hydrogens (primary N) is 1. The van der Waals surface area contributed by atoms with Crippen LogP contribution < -0.4 is 11.1 Å². The molecule has 124 valence electrons. The number of hydrogen-bond acceptors (Lipinski definition) is 5. The molecule has 2 rings (SSSR count). The van der Waals surface area contributed by atoms with Crippen LogP contribution in [-0.4, -0.2) is 18.2 Å². The van der Waals surface area contributed by atoms with Crippen LogP contribution in [0.5, 0.6) is 0 Å². The highest BCUT2D eigenvalue weighted by Gasteiger charge is 2.09. The monoisotopic (exact) mass is 364 g/mol. The number of carbonyl (C=O) groups is 2. The minimum atomic E-state index is -0.422. The van der Waals surface area contributed by atoms with Gasteiger partial charge in [-0.1, -0.05) is 23.2 Å². The second-order valence-corrected chi connectivity index (χ2v) is 5.70. The normalized spacial score (nSPS) is 10.8. The molecule has 0 unspecified atom stereocenters. The van der Waals surface area contributed by atoms with E-state index in [1.54, 1.807) is 36.4 Å². The van der Waals surface area contributed by atoms with E-state index in [0.29, 0.717) is 27.1 Å². The molecule has 0 aliphatic rings. The number of hydrogen-bond donors (Lipinski definition) is 2. The minimum absolute atomic E-state index is 0.199. The van der Waals surface area contributed by atoms with Gasteiger partial charge in [-0.2, -0.15) is 10.2 Å². The Morgan fingerprint density at radius 3 is 2.42 bits per heavy atom. The van der Waals surface area contributed by atoms with Crippen molar-refractivity contribution in [3.63, 3.8) is 0 Å². The molecule has 8 heteroatoms. The lowest BCUT2D eigenvalue weighted by Crippen LogP contribution is -2.17. The quantitative estimate of drug-likeness (QED) is 0.455. The van der Waals surface area contributed by atoms with E-state index >= 15 is 0 Å². The zero-order chi connectivity index (χ0) is 17.5. The summed E-state index contributed by atoms with van der Waals surface area (Å²) in [7, 11) is 0. The molecule has 3 N–H and O–H groups in total. The standard InChI is InChI=1S/C16H14Cl2N4O2/c17-14-6-5-12(7-15(14)18)22-20-9-13(23)8-16(24)21-11-3-1-10(19)2-4-11/h1-7H,8-9,19H2,(H,21,24). The van der Waals surface area contributed by atoms with Gasteiger partial charge in [0, 0.05) is 11.4 Å². The maximum atomic E-state index is 11.8. The Labute approximate surface area is 148 Å². The summed E-state index contributed by atoms with van der Waals surface area (Å²) in [4.78, 5) is 23.5. The van der Waals surface area contributed by atoms with E-state index in [1.807, 2.05) is 0 Å². The molecule has 0 heterocycles. The van der Waals surface area contributed by atoms with Crippen LogP contribution in [0, 0.1) is 0 Å². The fourth-order valence-corrected chi connectivity index (χ4v) is 2.04. The molecule has 6 nitrogen and oxygen atoms in total. The van der Waals surface area contributed by atoms with E-state index in [1.165, 1.54) is 6.07 Å². The first-order valence-corrected chi connectivity index (χ1v) is 7.69. The Bertz CT molecular complexity index is 776. The maximum absolute atomic E-state index is 11.8. The average Bonchev–Trinajstić information content (AvgIpc) is 2.53. The van der Waals surface area contributed by atoms with Crippen LogP contribution in [0.1, 0.15) is 6.42 Å². The van der Waals surface area contributed by atoms with Crippen LogP contribution in [0.25, 0.3) is 0 Å². The summed E-state index contributed by atoms with van der Waals surface area (Å²) in [6.07, 6.45) is -0.287. The molecule has 24 heavy (non-hydrogen) atoms.